The summed E-state index contributed by atoms with van der Waals surface area (Å²) < 4.78 is 5.22. The van der Waals surface area contributed by atoms with Gasteiger partial charge < -0.3 is 9.84 Å². The number of carbonyl (C=O) groups is 1. The number of ketones is 1. The summed E-state index contributed by atoms with van der Waals surface area (Å²) in [7, 11) is 1.59. The summed E-state index contributed by atoms with van der Waals surface area (Å²) in [6.45, 7) is 1.81. The van der Waals surface area contributed by atoms with Crippen LogP contribution in [-0.4, -0.2) is 54.7 Å². The fourth-order valence-corrected chi connectivity index (χ4v) is 3.82. The zero-order valence-electron chi connectivity index (χ0n) is 11.8. The summed E-state index contributed by atoms with van der Waals surface area (Å²) in [5, 5.41) is 9.78. The SMILES string of the molecule is COC[C@@]1(CO)C(=O)[C@H]2CCN1C[C@H]2c1ccccc1. The second kappa shape index (κ2) is 5.28. The zero-order valence-corrected chi connectivity index (χ0v) is 11.8. The Kier molecular flexibility index (Phi) is 3.63. The van der Waals surface area contributed by atoms with Gasteiger partial charge in [-0.15, -0.1) is 0 Å². The number of methoxy groups -OCH3 is 1. The molecular weight excluding hydrogens is 254 g/mol. The van der Waals surface area contributed by atoms with Gasteiger partial charge in [0, 0.05) is 32.0 Å². The van der Waals surface area contributed by atoms with Gasteiger partial charge in [-0.25, -0.2) is 0 Å². The second-order valence-corrected chi connectivity index (χ2v) is 5.85. The standard InChI is InChI=1S/C16H21NO3/c1-20-11-16(10-18)15(19)13-7-8-17(16)9-14(13)12-5-3-2-4-6-12/h2-6,13-14,18H,7-11H2,1H3/t13-,14-,16-/m0/s1. The summed E-state index contributed by atoms with van der Waals surface area (Å²) in [4.78, 5) is 15.0. The van der Waals surface area contributed by atoms with E-state index >= 15 is 0 Å². The molecule has 4 atom stereocenters. The molecule has 3 fully saturated rings. The molecule has 3 saturated heterocycles. The van der Waals surface area contributed by atoms with E-state index in [4.69, 9.17) is 4.74 Å². The van der Waals surface area contributed by atoms with E-state index in [1.54, 1.807) is 7.11 Å². The number of ether oxygens (including phenoxy) is 1. The molecule has 1 N–H and O–H groups in total. The van der Waals surface area contributed by atoms with Crippen molar-refractivity contribution >= 4 is 5.78 Å². The molecule has 20 heavy (non-hydrogen) atoms. The van der Waals surface area contributed by atoms with E-state index in [0.29, 0.717) is 0 Å². The number of rotatable bonds is 4. The van der Waals surface area contributed by atoms with Crippen molar-refractivity contribution in [2.75, 3.05) is 33.4 Å². The molecule has 0 radical (unpaired) electrons. The fraction of sp³-hybridized carbons (Fsp3) is 0.562. The molecule has 0 amide bonds. The van der Waals surface area contributed by atoms with Crippen LogP contribution in [-0.2, 0) is 9.53 Å². The lowest BCUT2D eigenvalue weighted by Gasteiger charge is -2.54. The maximum absolute atomic E-state index is 12.8. The molecule has 4 heteroatoms. The molecule has 0 aliphatic carbocycles. The Morgan fingerprint density at radius 2 is 2.10 bits per heavy atom. The number of benzene rings is 1. The highest BCUT2D eigenvalue weighted by molar-refractivity contribution is 5.93. The fourth-order valence-electron chi connectivity index (χ4n) is 3.82. The van der Waals surface area contributed by atoms with Crippen LogP contribution in [0.2, 0.25) is 0 Å². The van der Waals surface area contributed by atoms with E-state index in [1.165, 1.54) is 5.56 Å². The highest BCUT2D eigenvalue weighted by Crippen LogP contribution is 2.44. The van der Waals surface area contributed by atoms with Crippen LogP contribution in [0.15, 0.2) is 30.3 Å². The molecular formula is C16H21NO3. The van der Waals surface area contributed by atoms with Crippen LogP contribution in [0.5, 0.6) is 0 Å². The molecule has 3 aliphatic rings. The van der Waals surface area contributed by atoms with Crippen molar-refractivity contribution in [3.05, 3.63) is 35.9 Å². The molecule has 4 rings (SSSR count). The van der Waals surface area contributed by atoms with Gasteiger partial charge in [0.25, 0.3) is 0 Å². The van der Waals surface area contributed by atoms with Gasteiger partial charge in [0.2, 0.25) is 0 Å². The molecule has 1 aromatic rings. The first-order valence-electron chi connectivity index (χ1n) is 7.17. The summed E-state index contributed by atoms with van der Waals surface area (Å²) in [5.41, 5.74) is 0.405. The van der Waals surface area contributed by atoms with Crippen LogP contribution < -0.4 is 0 Å². The average Bonchev–Trinajstić information content (AvgIpc) is 2.52. The highest BCUT2D eigenvalue weighted by atomic mass is 16.5. The second-order valence-electron chi connectivity index (χ2n) is 5.85. The summed E-state index contributed by atoms with van der Waals surface area (Å²) >= 11 is 0. The third-order valence-corrected chi connectivity index (χ3v) is 4.89. The minimum absolute atomic E-state index is 0.00435. The lowest BCUT2D eigenvalue weighted by molar-refractivity contribution is -0.160. The van der Waals surface area contributed by atoms with Gasteiger partial charge in [-0.3, -0.25) is 9.69 Å². The van der Waals surface area contributed by atoms with Crippen LogP contribution in [0.4, 0.5) is 0 Å². The van der Waals surface area contributed by atoms with E-state index in [1.807, 2.05) is 18.2 Å². The van der Waals surface area contributed by atoms with Crippen LogP contribution in [0, 0.1) is 5.92 Å². The molecule has 108 valence electrons. The van der Waals surface area contributed by atoms with Gasteiger partial charge in [-0.05, 0) is 12.0 Å². The summed E-state index contributed by atoms with van der Waals surface area (Å²) in [5.74, 6) is 0.395. The largest absolute Gasteiger partial charge is 0.394 e. The highest BCUT2D eigenvalue weighted by Gasteiger charge is 2.56. The Balaban J connectivity index is 1.92. The van der Waals surface area contributed by atoms with Gasteiger partial charge in [0.1, 0.15) is 5.54 Å². The van der Waals surface area contributed by atoms with Crippen molar-refractivity contribution in [1.29, 1.82) is 0 Å². The van der Waals surface area contributed by atoms with Gasteiger partial charge in [-0.2, -0.15) is 0 Å². The van der Waals surface area contributed by atoms with Gasteiger partial charge in [-0.1, -0.05) is 30.3 Å². The maximum Gasteiger partial charge on any atom is 0.161 e. The monoisotopic (exact) mass is 275 g/mol. The lowest BCUT2D eigenvalue weighted by Crippen LogP contribution is -2.70. The smallest absolute Gasteiger partial charge is 0.161 e. The Morgan fingerprint density at radius 1 is 1.35 bits per heavy atom. The molecule has 2 bridgehead atoms. The number of Topliss-reactive ketones (excluding diaryl/α,β-unsaturated/α-hetero) is 1. The number of piperidine rings is 3. The van der Waals surface area contributed by atoms with Crippen molar-refractivity contribution in [2.24, 2.45) is 5.92 Å². The quantitative estimate of drug-likeness (QED) is 0.892. The molecule has 1 unspecified atom stereocenters. The summed E-state index contributed by atoms with van der Waals surface area (Å²) in [6, 6.07) is 10.2. The third-order valence-electron chi connectivity index (χ3n) is 4.89. The topological polar surface area (TPSA) is 49.8 Å². The Bertz CT molecular complexity index is 490. The van der Waals surface area contributed by atoms with E-state index in [2.05, 4.69) is 17.0 Å². The minimum Gasteiger partial charge on any atom is -0.394 e. The van der Waals surface area contributed by atoms with Crippen LogP contribution >= 0.6 is 0 Å². The molecule has 4 nitrogen and oxygen atoms in total. The molecule has 1 aromatic carbocycles. The number of nitrogens with zero attached hydrogens (tertiary/aromatic N) is 1. The number of carbonyl (C=O) groups excluding carboxylic acids is 1. The predicted octanol–water partition coefficient (Wildman–Crippen LogP) is 1.05. The number of fused-ring (bicyclic) bond motifs is 3. The van der Waals surface area contributed by atoms with Crippen LogP contribution in [0.1, 0.15) is 17.9 Å². The number of hydrogen-bond donors (Lipinski definition) is 1. The van der Waals surface area contributed by atoms with Crippen molar-refractivity contribution in [3.63, 3.8) is 0 Å². The maximum atomic E-state index is 12.8. The van der Waals surface area contributed by atoms with Crippen molar-refractivity contribution in [1.82, 2.24) is 4.90 Å². The Labute approximate surface area is 119 Å². The molecule has 0 aromatic heterocycles. The Morgan fingerprint density at radius 3 is 2.70 bits per heavy atom. The first-order valence-corrected chi connectivity index (χ1v) is 7.17. The van der Waals surface area contributed by atoms with Crippen molar-refractivity contribution in [3.8, 4) is 0 Å². The first-order chi connectivity index (χ1) is 9.73. The number of aliphatic hydroxyl groups is 1. The lowest BCUT2D eigenvalue weighted by atomic mass is 9.67. The predicted molar refractivity (Wildman–Crippen MR) is 75.6 cm³/mol. The average molecular weight is 275 g/mol. The molecule has 0 spiro atoms. The van der Waals surface area contributed by atoms with Gasteiger partial charge in [0.15, 0.2) is 5.78 Å². The van der Waals surface area contributed by atoms with Crippen molar-refractivity contribution in [2.45, 2.75) is 17.9 Å². The Hall–Kier alpha value is -1.23. The normalized spacial score (nSPS) is 36.3. The number of hydrogen-bond acceptors (Lipinski definition) is 4. The third kappa shape index (κ3) is 1.91. The molecule has 3 heterocycles. The van der Waals surface area contributed by atoms with Crippen LogP contribution in [0.3, 0.4) is 0 Å². The van der Waals surface area contributed by atoms with E-state index in [-0.39, 0.29) is 30.8 Å². The zero-order chi connectivity index (χ0) is 14.2. The minimum atomic E-state index is -0.817. The van der Waals surface area contributed by atoms with E-state index < -0.39 is 5.54 Å². The summed E-state index contributed by atoms with van der Waals surface area (Å²) in [6.07, 6.45) is 0.879. The van der Waals surface area contributed by atoms with Crippen LogP contribution in [0.25, 0.3) is 0 Å². The van der Waals surface area contributed by atoms with E-state index in [9.17, 15) is 9.90 Å². The van der Waals surface area contributed by atoms with E-state index in [0.717, 1.165) is 19.5 Å². The number of aliphatic hydroxyl groups excluding tert-OH is 1. The van der Waals surface area contributed by atoms with Crippen molar-refractivity contribution < 1.29 is 14.6 Å². The van der Waals surface area contributed by atoms with Gasteiger partial charge in [0.05, 0.1) is 13.2 Å². The first kappa shape index (κ1) is 13.7. The molecule has 3 aliphatic heterocycles. The molecule has 0 saturated carbocycles. The van der Waals surface area contributed by atoms with Gasteiger partial charge >= 0.3 is 0 Å².